The molecule has 3 aromatic rings. The fourth-order valence-electron chi connectivity index (χ4n) is 2.29. The molecule has 0 aliphatic carbocycles. The van der Waals surface area contributed by atoms with Gasteiger partial charge in [0.25, 0.3) is 0 Å². The van der Waals surface area contributed by atoms with Crippen molar-refractivity contribution in [1.82, 2.24) is 9.97 Å². The van der Waals surface area contributed by atoms with Crippen molar-refractivity contribution in [2.24, 2.45) is 0 Å². The molecule has 2 aromatic heterocycles. The molecule has 0 saturated heterocycles. The predicted molar refractivity (Wildman–Crippen MR) is 90.8 cm³/mol. The predicted octanol–water partition coefficient (Wildman–Crippen LogP) is 4.20. The van der Waals surface area contributed by atoms with E-state index in [0.717, 1.165) is 28.3 Å². The minimum absolute atomic E-state index is 0.685. The van der Waals surface area contributed by atoms with Crippen LogP contribution in [0.4, 0.5) is 17.5 Å². The quantitative estimate of drug-likeness (QED) is 0.783. The van der Waals surface area contributed by atoms with Gasteiger partial charge in [0.15, 0.2) is 0 Å². The topological polar surface area (TPSA) is 41.1 Å². The summed E-state index contributed by atoms with van der Waals surface area (Å²) in [6.07, 6.45) is 0. The Kier molecular flexibility index (Phi) is 3.75. The summed E-state index contributed by atoms with van der Waals surface area (Å²) in [5.41, 5.74) is 1.11. The van der Waals surface area contributed by atoms with E-state index in [4.69, 9.17) is 4.98 Å². The first-order chi connectivity index (χ1) is 10.2. The van der Waals surface area contributed by atoms with Crippen LogP contribution >= 0.6 is 11.3 Å². The zero-order valence-electron chi connectivity index (χ0n) is 12.4. The first-order valence-electron chi connectivity index (χ1n) is 7.00. The molecule has 5 heteroatoms. The smallest absolute Gasteiger partial charge is 0.226 e. The third-order valence-corrected chi connectivity index (χ3v) is 4.24. The number of nitrogens with one attached hydrogen (secondary N) is 1. The Hall–Kier alpha value is -2.14. The number of anilines is 3. The van der Waals surface area contributed by atoms with E-state index in [2.05, 4.69) is 40.3 Å². The van der Waals surface area contributed by atoms with E-state index in [-0.39, 0.29) is 0 Å². The third kappa shape index (κ3) is 2.69. The van der Waals surface area contributed by atoms with Crippen molar-refractivity contribution >= 4 is 39.0 Å². The number of rotatable bonds is 4. The molecule has 1 N–H and O–H groups in total. The van der Waals surface area contributed by atoms with Gasteiger partial charge in [-0.1, -0.05) is 18.2 Å². The molecule has 0 saturated carbocycles. The molecule has 21 heavy (non-hydrogen) atoms. The van der Waals surface area contributed by atoms with Crippen molar-refractivity contribution in [3.05, 3.63) is 41.3 Å². The third-order valence-electron chi connectivity index (χ3n) is 3.29. The summed E-state index contributed by atoms with van der Waals surface area (Å²) < 4.78 is 0. The Morgan fingerprint density at radius 2 is 1.95 bits per heavy atom. The van der Waals surface area contributed by atoms with Gasteiger partial charge in [0, 0.05) is 24.2 Å². The van der Waals surface area contributed by atoms with Crippen molar-refractivity contribution in [2.45, 2.75) is 13.8 Å². The highest BCUT2D eigenvalue weighted by Gasteiger charge is 2.14. The van der Waals surface area contributed by atoms with Gasteiger partial charge in [0.05, 0.1) is 5.39 Å². The van der Waals surface area contributed by atoms with E-state index >= 15 is 0 Å². The summed E-state index contributed by atoms with van der Waals surface area (Å²) in [5.74, 6) is 1.62. The summed E-state index contributed by atoms with van der Waals surface area (Å²) in [6.45, 7) is 4.96. The van der Waals surface area contributed by atoms with Crippen LogP contribution in [0.5, 0.6) is 0 Å². The molecule has 0 spiro atoms. The van der Waals surface area contributed by atoms with Crippen LogP contribution in [0, 0.1) is 6.92 Å². The zero-order valence-corrected chi connectivity index (χ0v) is 13.2. The number of fused-ring (bicyclic) bond motifs is 1. The first kappa shape index (κ1) is 13.8. The first-order valence-corrected chi connectivity index (χ1v) is 7.81. The summed E-state index contributed by atoms with van der Waals surface area (Å²) in [7, 11) is 2.04. The molecule has 2 heterocycles. The highest BCUT2D eigenvalue weighted by molar-refractivity contribution is 7.18. The van der Waals surface area contributed by atoms with Gasteiger partial charge in [0.1, 0.15) is 10.6 Å². The van der Waals surface area contributed by atoms with E-state index in [1.54, 1.807) is 11.3 Å². The van der Waals surface area contributed by atoms with Gasteiger partial charge < -0.3 is 10.2 Å². The Morgan fingerprint density at radius 3 is 2.67 bits per heavy atom. The van der Waals surface area contributed by atoms with Crippen LogP contribution in [0.1, 0.15) is 11.8 Å². The number of hydrogen-bond acceptors (Lipinski definition) is 5. The second kappa shape index (κ2) is 5.69. The Morgan fingerprint density at radius 1 is 1.19 bits per heavy atom. The van der Waals surface area contributed by atoms with Crippen LogP contribution in [0.15, 0.2) is 36.4 Å². The van der Waals surface area contributed by atoms with E-state index in [0.29, 0.717) is 5.95 Å². The van der Waals surface area contributed by atoms with Gasteiger partial charge in [-0.15, -0.1) is 11.3 Å². The van der Waals surface area contributed by atoms with E-state index in [1.807, 2.05) is 32.2 Å². The number of hydrogen-bond donors (Lipinski definition) is 1. The van der Waals surface area contributed by atoms with Crippen LogP contribution in [-0.4, -0.2) is 23.6 Å². The number of aryl methyl sites for hydroxylation is 1. The number of para-hydroxylation sites is 1. The molecule has 108 valence electrons. The molecule has 0 fully saturated rings. The van der Waals surface area contributed by atoms with Gasteiger partial charge in [-0.05, 0) is 32.0 Å². The Balaban J connectivity index is 2.15. The van der Waals surface area contributed by atoms with Crippen molar-refractivity contribution in [1.29, 1.82) is 0 Å². The molecular formula is C16H18N4S. The van der Waals surface area contributed by atoms with E-state index < -0.39 is 0 Å². The molecule has 3 rings (SSSR count). The maximum atomic E-state index is 4.69. The van der Waals surface area contributed by atoms with E-state index in [1.165, 1.54) is 4.88 Å². The number of aromatic nitrogens is 2. The molecule has 0 aliphatic heterocycles. The van der Waals surface area contributed by atoms with Gasteiger partial charge >= 0.3 is 0 Å². The lowest BCUT2D eigenvalue weighted by atomic mass is 10.2. The van der Waals surface area contributed by atoms with Crippen molar-refractivity contribution in [2.75, 3.05) is 23.8 Å². The van der Waals surface area contributed by atoms with Crippen molar-refractivity contribution < 1.29 is 0 Å². The molecule has 0 atom stereocenters. The second-order valence-electron chi connectivity index (χ2n) is 4.87. The van der Waals surface area contributed by atoms with Gasteiger partial charge in [-0.2, -0.15) is 4.98 Å². The lowest BCUT2D eigenvalue weighted by Gasteiger charge is -2.19. The van der Waals surface area contributed by atoms with Crippen molar-refractivity contribution in [3.63, 3.8) is 0 Å². The molecule has 0 amide bonds. The fourth-order valence-corrected chi connectivity index (χ4v) is 3.17. The number of thiophene rings is 1. The molecule has 0 radical (unpaired) electrons. The lowest BCUT2D eigenvalue weighted by molar-refractivity contribution is 1.07. The van der Waals surface area contributed by atoms with Gasteiger partial charge in [0.2, 0.25) is 5.95 Å². The van der Waals surface area contributed by atoms with Gasteiger partial charge in [-0.3, -0.25) is 0 Å². The number of benzene rings is 1. The largest absolute Gasteiger partial charge is 0.354 e. The zero-order chi connectivity index (χ0) is 14.8. The van der Waals surface area contributed by atoms with Crippen LogP contribution in [0.2, 0.25) is 0 Å². The maximum absolute atomic E-state index is 4.69. The van der Waals surface area contributed by atoms with Crippen LogP contribution in [0.3, 0.4) is 0 Å². The summed E-state index contributed by atoms with van der Waals surface area (Å²) in [5, 5.41) is 4.32. The average molecular weight is 298 g/mol. The Labute approximate surface area is 128 Å². The molecular weight excluding hydrogens is 280 g/mol. The second-order valence-corrected chi connectivity index (χ2v) is 6.11. The van der Waals surface area contributed by atoms with Crippen LogP contribution in [-0.2, 0) is 0 Å². The normalized spacial score (nSPS) is 10.8. The van der Waals surface area contributed by atoms with Crippen LogP contribution < -0.4 is 10.2 Å². The molecule has 1 aromatic carbocycles. The lowest BCUT2D eigenvalue weighted by Crippen LogP contribution is -2.13. The van der Waals surface area contributed by atoms with Gasteiger partial charge in [-0.25, -0.2) is 4.98 Å². The Bertz CT molecular complexity index is 752. The minimum atomic E-state index is 0.685. The standard InChI is InChI=1S/C16H18N4S/c1-4-17-16-18-14(13-10-11(2)21-15(13)19-16)20(3)12-8-6-5-7-9-12/h5-10H,4H2,1-3H3,(H,17,18,19). The highest BCUT2D eigenvalue weighted by Crippen LogP contribution is 2.34. The average Bonchev–Trinajstić information content (AvgIpc) is 2.87. The number of nitrogens with zero attached hydrogens (tertiary/aromatic N) is 3. The molecule has 0 aliphatic rings. The highest BCUT2D eigenvalue weighted by atomic mass is 32.1. The monoisotopic (exact) mass is 298 g/mol. The maximum Gasteiger partial charge on any atom is 0.226 e. The fraction of sp³-hybridized carbons (Fsp3) is 0.250. The van der Waals surface area contributed by atoms with Crippen LogP contribution in [0.25, 0.3) is 10.2 Å². The van der Waals surface area contributed by atoms with E-state index in [9.17, 15) is 0 Å². The summed E-state index contributed by atoms with van der Waals surface area (Å²) in [4.78, 5) is 13.7. The summed E-state index contributed by atoms with van der Waals surface area (Å²) >= 11 is 1.70. The summed E-state index contributed by atoms with van der Waals surface area (Å²) in [6, 6.07) is 12.4. The molecule has 0 bridgehead atoms. The molecule has 0 unspecified atom stereocenters. The molecule has 4 nitrogen and oxygen atoms in total. The minimum Gasteiger partial charge on any atom is -0.354 e. The van der Waals surface area contributed by atoms with Crippen molar-refractivity contribution in [3.8, 4) is 0 Å². The SMILES string of the molecule is CCNc1nc(N(C)c2ccccc2)c2cc(C)sc2n1.